The minimum Gasteiger partial charge on any atom is -0.292 e. The first-order valence-corrected chi connectivity index (χ1v) is 6.89. The van der Waals surface area contributed by atoms with Gasteiger partial charge in [-0.3, -0.25) is 9.78 Å². The molecule has 0 unspecified atom stereocenters. The highest BCUT2D eigenvalue weighted by molar-refractivity contribution is 7.99. The zero-order valence-corrected chi connectivity index (χ0v) is 11.6. The van der Waals surface area contributed by atoms with Crippen molar-refractivity contribution in [1.82, 2.24) is 4.98 Å². The molecule has 6 heteroatoms. The van der Waals surface area contributed by atoms with Crippen molar-refractivity contribution in [1.29, 1.82) is 5.26 Å². The standard InChI is InChI=1S/C15H10F2N2OS/c16-15(17)21-11-6-4-10(5-7-11)14(20)12(9-18)13-3-1-2-8-19-13/h1-8,12,15H/t12-/m0/s1. The molecule has 0 N–H and O–H groups in total. The summed E-state index contributed by atoms with van der Waals surface area (Å²) in [5, 5.41) is 9.17. The first kappa shape index (κ1) is 15.1. The lowest BCUT2D eigenvalue weighted by Crippen LogP contribution is -2.12. The molecule has 0 bridgehead atoms. The number of aromatic nitrogens is 1. The highest BCUT2D eigenvalue weighted by atomic mass is 32.2. The number of alkyl halides is 2. The summed E-state index contributed by atoms with van der Waals surface area (Å²) in [6.45, 7) is 0. The molecule has 0 aliphatic carbocycles. The maximum atomic E-state index is 12.3. The Morgan fingerprint density at radius 1 is 1.19 bits per heavy atom. The monoisotopic (exact) mass is 304 g/mol. The van der Waals surface area contributed by atoms with Crippen molar-refractivity contribution in [3.05, 3.63) is 59.9 Å². The molecule has 2 aromatic rings. The maximum Gasteiger partial charge on any atom is 0.288 e. The van der Waals surface area contributed by atoms with Gasteiger partial charge in [0.25, 0.3) is 5.76 Å². The van der Waals surface area contributed by atoms with Crippen LogP contribution in [0.2, 0.25) is 0 Å². The van der Waals surface area contributed by atoms with E-state index in [2.05, 4.69) is 4.98 Å². The van der Waals surface area contributed by atoms with Crippen LogP contribution in [0.3, 0.4) is 0 Å². The first-order chi connectivity index (χ1) is 10.1. The molecule has 0 saturated carbocycles. The average molecular weight is 304 g/mol. The average Bonchev–Trinajstić information content (AvgIpc) is 2.49. The van der Waals surface area contributed by atoms with E-state index in [9.17, 15) is 18.8 Å². The number of pyridine rings is 1. The van der Waals surface area contributed by atoms with Crippen molar-refractivity contribution < 1.29 is 13.6 Å². The van der Waals surface area contributed by atoms with E-state index in [1.165, 1.54) is 30.5 Å². The summed E-state index contributed by atoms with van der Waals surface area (Å²) in [6, 6.07) is 12.7. The van der Waals surface area contributed by atoms with Crippen LogP contribution in [0, 0.1) is 11.3 Å². The largest absolute Gasteiger partial charge is 0.292 e. The molecule has 2 rings (SSSR count). The second-order valence-electron chi connectivity index (χ2n) is 4.08. The van der Waals surface area contributed by atoms with E-state index in [0.29, 0.717) is 27.9 Å². The number of rotatable bonds is 5. The normalized spacial score (nSPS) is 11.9. The van der Waals surface area contributed by atoms with Crippen molar-refractivity contribution in [2.45, 2.75) is 16.6 Å². The van der Waals surface area contributed by atoms with Gasteiger partial charge in [-0.25, -0.2) is 0 Å². The van der Waals surface area contributed by atoms with Gasteiger partial charge in [0.15, 0.2) is 11.7 Å². The van der Waals surface area contributed by atoms with Gasteiger partial charge < -0.3 is 0 Å². The Morgan fingerprint density at radius 2 is 1.90 bits per heavy atom. The molecule has 0 spiro atoms. The van der Waals surface area contributed by atoms with E-state index in [0.717, 1.165) is 0 Å². The maximum absolute atomic E-state index is 12.3. The molecule has 106 valence electrons. The van der Waals surface area contributed by atoms with Crippen molar-refractivity contribution in [3.63, 3.8) is 0 Å². The van der Waals surface area contributed by atoms with Crippen LogP contribution in [0.5, 0.6) is 0 Å². The molecule has 1 aromatic carbocycles. The SMILES string of the molecule is N#C[C@H](C(=O)c1ccc(SC(F)F)cc1)c1ccccn1. The van der Waals surface area contributed by atoms with Crippen LogP contribution in [-0.4, -0.2) is 16.5 Å². The third-order valence-electron chi connectivity index (χ3n) is 2.74. The van der Waals surface area contributed by atoms with Crippen molar-refractivity contribution in [2.75, 3.05) is 0 Å². The minimum atomic E-state index is -2.51. The van der Waals surface area contributed by atoms with Gasteiger partial charge in [0.1, 0.15) is 0 Å². The number of benzene rings is 1. The van der Waals surface area contributed by atoms with Crippen LogP contribution >= 0.6 is 11.8 Å². The second-order valence-corrected chi connectivity index (χ2v) is 5.15. The number of Topliss-reactive ketones (excluding diaryl/α,β-unsaturated/α-hetero) is 1. The number of carbonyl (C=O) groups is 1. The summed E-state index contributed by atoms with van der Waals surface area (Å²) in [5.41, 5.74) is 0.668. The summed E-state index contributed by atoms with van der Waals surface area (Å²) in [5.74, 6) is -3.91. The smallest absolute Gasteiger partial charge is 0.288 e. The van der Waals surface area contributed by atoms with Gasteiger partial charge >= 0.3 is 0 Å². The van der Waals surface area contributed by atoms with E-state index in [1.807, 2.05) is 6.07 Å². The lowest BCUT2D eigenvalue weighted by Gasteiger charge is -2.08. The summed E-state index contributed by atoms with van der Waals surface area (Å²) in [7, 11) is 0. The van der Waals surface area contributed by atoms with E-state index < -0.39 is 17.5 Å². The number of nitriles is 1. The van der Waals surface area contributed by atoms with Gasteiger partial charge in [-0.05, 0) is 24.3 Å². The fourth-order valence-electron chi connectivity index (χ4n) is 1.77. The van der Waals surface area contributed by atoms with E-state index in [1.54, 1.807) is 18.2 Å². The third-order valence-corrected chi connectivity index (χ3v) is 3.46. The molecule has 1 atom stereocenters. The zero-order valence-electron chi connectivity index (χ0n) is 10.7. The number of nitrogens with zero attached hydrogens (tertiary/aromatic N) is 2. The van der Waals surface area contributed by atoms with Gasteiger partial charge in [0, 0.05) is 16.7 Å². The van der Waals surface area contributed by atoms with E-state index in [-0.39, 0.29) is 0 Å². The van der Waals surface area contributed by atoms with Gasteiger partial charge in [-0.15, -0.1) is 0 Å². The predicted molar refractivity (Wildman–Crippen MR) is 75.2 cm³/mol. The van der Waals surface area contributed by atoms with E-state index >= 15 is 0 Å². The first-order valence-electron chi connectivity index (χ1n) is 6.01. The lowest BCUT2D eigenvalue weighted by molar-refractivity contribution is 0.0977. The lowest BCUT2D eigenvalue weighted by atomic mass is 9.95. The Hall–Kier alpha value is -2.26. The fraction of sp³-hybridized carbons (Fsp3) is 0.133. The number of carbonyl (C=O) groups excluding carboxylic acids is 1. The highest BCUT2D eigenvalue weighted by Crippen LogP contribution is 2.26. The quantitative estimate of drug-likeness (QED) is 0.621. The molecule has 0 aliphatic heterocycles. The van der Waals surface area contributed by atoms with Crippen LogP contribution in [-0.2, 0) is 0 Å². The molecule has 0 fully saturated rings. The molecular formula is C15H10F2N2OS. The van der Waals surface area contributed by atoms with Crippen LogP contribution in [0.1, 0.15) is 22.0 Å². The second kappa shape index (κ2) is 6.95. The van der Waals surface area contributed by atoms with Crippen molar-refractivity contribution >= 4 is 17.5 Å². The van der Waals surface area contributed by atoms with Crippen LogP contribution in [0.25, 0.3) is 0 Å². The van der Waals surface area contributed by atoms with E-state index in [4.69, 9.17) is 0 Å². The molecule has 3 nitrogen and oxygen atoms in total. The summed E-state index contributed by atoms with van der Waals surface area (Å²) >= 11 is 0.407. The minimum absolute atomic E-state index is 0.297. The Kier molecular flexibility index (Phi) is 5.01. The highest BCUT2D eigenvalue weighted by Gasteiger charge is 2.22. The van der Waals surface area contributed by atoms with Gasteiger partial charge in [-0.2, -0.15) is 14.0 Å². The number of thioether (sulfide) groups is 1. The van der Waals surface area contributed by atoms with Crippen LogP contribution in [0.4, 0.5) is 8.78 Å². The predicted octanol–water partition coefficient (Wildman–Crippen LogP) is 3.89. The summed E-state index contributed by atoms with van der Waals surface area (Å²) in [4.78, 5) is 16.7. The Morgan fingerprint density at radius 3 is 2.43 bits per heavy atom. The topological polar surface area (TPSA) is 53.8 Å². The molecule has 1 heterocycles. The molecule has 0 radical (unpaired) electrons. The summed E-state index contributed by atoms with van der Waals surface area (Å²) in [6.07, 6.45) is 1.51. The van der Waals surface area contributed by atoms with Crippen LogP contribution < -0.4 is 0 Å². The third kappa shape index (κ3) is 3.86. The van der Waals surface area contributed by atoms with Crippen LogP contribution in [0.15, 0.2) is 53.6 Å². The van der Waals surface area contributed by atoms with Gasteiger partial charge in [0.05, 0.1) is 11.8 Å². The molecule has 0 aliphatic rings. The molecule has 0 amide bonds. The number of hydrogen-bond donors (Lipinski definition) is 0. The number of hydrogen-bond acceptors (Lipinski definition) is 4. The molecule has 21 heavy (non-hydrogen) atoms. The zero-order chi connectivity index (χ0) is 15.2. The Bertz CT molecular complexity index is 654. The Labute approximate surface area is 124 Å². The summed E-state index contributed by atoms with van der Waals surface area (Å²) < 4.78 is 24.5. The fourth-order valence-corrected chi connectivity index (χ4v) is 2.27. The Balaban J connectivity index is 2.21. The van der Waals surface area contributed by atoms with Crippen molar-refractivity contribution in [3.8, 4) is 6.07 Å². The molecule has 0 saturated heterocycles. The van der Waals surface area contributed by atoms with Gasteiger partial charge in [0.2, 0.25) is 0 Å². The molecule has 1 aromatic heterocycles. The number of ketones is 1. The molecular weight excluding hydrogens is 294 g/mol. The number of halogens is 2. The van der Waals surface area contributed by atoms with Gasteiger partial charge in [-0.1, -0.05) is 30.0 Å². The van der Waals surface area contributed by atoms with Crippen molar-refractivity contribution in [2.24, 2.45) is 0 Å².